The lowest BCUT2D eigenvalue weighted by molar-refractivity contribution is 0.0610. The molecule has 96 valence electrons. The molecule has 0 bridgehead atoms. The Morgan fingerprint density at radius 1 is 1.59 bits per heavy atom. The van der Waals surface area contributed by atoms with Crippen molar-refractivity contribution < 1.29 is 4.74 Å². The summed E-state index contributed by atoms with van der Waals surface area (Å²) in [6, 6.07) is 2.70. The van der Waals surface area contributed by atoms with Crippen LogP contribution in [0.5, 0.6) is 0 Å². The fourth-order valence-electron chi connectivity index (χ4n) is 2.53. The molecule has 0 saturated carbocycles. The number of nitrogens with one attached hydrogen (secondary N) is 1. The fourth-order valence-corrected chi connectivity index (χ4v) is 3.21. The molecule has 0 aliphatic carbocycles. The quantitative estimate of drug-likeness (QED) is 0.841. The minimum atomic E-state index is 0.390. The van der Waals surface area contributed by atoms with Crippen LogP contribution in [-0.2, 0) is 11.2 Å². The Labute approximate surface area is 108 Å². The minimum absolute atomic E-state index is 0.390. The van der Waals surface area contributed by atoms with Gasteiger partial charge in [0.2, 0.25) is 0 Å². The standard InChI is InChI=1S/C14H23NOS/c1-3-6-15-13(9-12-5-8-17-10-12)14-11(2)4-7-16-14/h5,8,10-11,13-15H,3-4,6-7,9H2,1-2H3. The van der Waals surface area contributed by atoms with Gasteiger partial charge in [-0.3, -0.25) is 0 Å². The molecule has 1 aromatic rings. The van der Waals surface area contributed by atoms with Crippen LogP contribution in [0.15, 0.2) is 16.8 Å². The maximum absolute atomic E-state index is 5.91. The molecule has 3 unspecified atom stereocenters. The van der Waals surface area contributed by atoms with E-state index < -0.39 is 0 Å². The summed E-state index contributed by atoms with van der Waals surface area (Å²) in [6.07, 6.45) is 3.87. The predicted molar refractivity (Wildman–Crippen MR) is 73.6 cm³/mol. The van der Waals surface area contributed by atoms with Gasteiger partial charge in [-0.25, -0.2) is 0 Å². The number of ether oxygens (including phenoxy) is 1. The van der Waals surface area contributed by atoms with Gasteiger partial charge in [0.1, 0.15) is 0 Å². The van der Waals surface area contributed by atoms with Gasteiger partial charge in [0.25, 0.3) is 0 Å². The Bertz CT molecular complexity index is 312. The monoisotopic (exact) mass is 253 g/mol. The van der Waals surface area contributed by atoms with Crippen LogP contribution in [0.4, 0.5) is 0 Å². The zero-order chi connectivity index (χ0) is 12.1. The molecule has 2 heterocycles. The van der Waals surface area contributed by atoms with Crippen LogP contribution in [0.2, 0.25) is 0 Å². The second kappa shape index (κ2) is 6.53. The van der Waals surface area contributed by atoms with Gasteiger partial charge in [-0.1, -0.05) is 13.8 Å². The SMILES string of the molecule is CCCNC(Cc1ccsc1)C1OCCC1C. The van der Waals surface area contributed by atoms with Crippen molar-refractivity contribution in [3.8, 4) is 0 Å². The van der Waals surface area contributed by atoms with E-state index in [9.17, 15) is 0 Å². The zero-order valence-corrected chi connectivity index (χ0v) is 11.6. The number of thiophene rings is 1. The second-order valence-electron chi connectivity index (χ2n) is 5.00. The van der Waals surface area contributed by atoms with E-state index in [4.69, 9.17) is 4.74 Å². The summed E-state index contributed by atoms with van der Waals surface area (Å²) in [7, 11) is 0. The highest BCUT2D eigenvalue weighted by Gasteiger charge is 2.31. The molecule has 0 aromatic carbocycles. The van der Waals surface area contributed by atoms with Crippen molar-refractivity contribution in [3.05, 3.63) is 22.4 Å². The molecule has 0 amide bonds. The van der Waals surface area contributed by atoms with Crippen LogP contribution < -0.4 is 5.32 Å². The van der Waals surface area contributed by atoms with Gasteiger partial charge in [-0.2, -0.15) is 11.3 Å². The van der Waals surface area contributed by atoms with Crippen molar-refractivity contribution in [3.63, 3.8) is 0 Å². The lowest BCUT2D eigenvalue weighted by Gasteiger charge is -2.27. The molecule has 1 fully saturated rings. The van der Waals surface area contributed by atoms with Gasteiger partial charge >= 0.3 is 0 Å². The third-order valence-corrected chi connectivity index (χ3v) is 4.27. The molecule has 0 radical (unpaired) electrons. The first kappa shape index (κ1) is 13.1. The third kappa shape index (κ3) is 3.54. The van der Waals surface area contributed by atoms with Gasteiger partial charge in [-0.15, -0.1) is 0 Å². The molecule has 0 spiro atoms. The topological polar surface area (TPSA) is 21.3 Å². The first-order valence-electron chi connectivity index (χ1n) is 6.67. The Morgan fingerprint density at radius 3 is 3.06 bits per heavy atom. The molecule has 3 atom stereocenters. The van der Waals surface area contributed by atoms with E-state index in [0.29, 0.717) is 18.1 Å². The van der Waals surface area contributed by atoms with Crippen molar-refractivity contribution >= 4 is 11.3 Å². The van der Waals surface area contributed by atoms with Crippen LogP contribution in [-0.4, -0.2) is 25.3 Å². The fraction of sp³-hybridized carbons (Fsp3) is 0.714. The van der Waals surface area contributed by atoms with E-state index in [-0.39, 0.29) is 0 Å². The average molecular weight is 253 g/mol. The maximum Gasteiger partial charge on any atom is 0.0757 e. The van der Waals surface area contributed by atoms with Gasteiger partial charge in [0, 0.05) is 12.6 Å². The molecule has 1 saturated heterocycles. The second-order valence-corrected chi connectivity index (χ2v) is 5.78. The summed E-state index contributed by atoms with van der Waals surface area (Å²) in [5.41, 5.74) is 1.44. The summed E-state index contributed by atoms with van der Waals surface area (Å²) in [5, 5.41) is 8.07. The molecule has 3 heteroatoms. The molecule has 1 aliphatic heterocycles. The molecule has 2 nitrogen and oxygen atoms in total. The Balaban J connectivity index is 1.97. The molecule has 1 aromatic heterocycles. The maximum atomic E-state index is 5.91. The van der Waals surface area contributed by atoms with Crippen LogP contribution >= 0.6 is 11.3 Å². The Hall–Kier alpha value is -0.380. The smallest absolute Gasteiger partial charge is 0.0757 e. The van der Waals surface area contributed by atoms with Crippen LogP contribution in [0.3, 0.4) is 0 Å². The van der Waals surface area contributed by atoms with Crippen LogP contribution in [0, 0.1) is 5.92 Å². The van der Waals surface area contributed by atoms with Crippen molar-refractivity contribution in [2.45, 2.75) is 45.3 Å². The Morgan fingerprint density at radius 2 is 2.47 bits per heavy atom. The van der Waals surface area contributed by atoms with Gasteiger partial charge in [0.15, 0.2) is 0 Å². The first-order valence-corrected chi connectivity index (χ1v) is 7.61. The molecule has 1 aliphatic rings. The van der Waals surface area contributed by atoms with E-state index in [1.54, 1.807) is 11.3 Å². The average Bonchev–Trinajstić information content (AvgIpc) is 2.95. The lowest BCUT2D eigenvalue weighted by Crippen LogP contribution is -2.44. The largest absolute Gasteiger partial charge is 0.376 e. The van der Waals surface area contributed by atoms with Gasteiger partial charge < -0.3 is 10.1 Å². The van der Waals surface area contributed by atoms with E-state index in [0.717, 1.165) is 19.6 Å². The van der Waals surface area contributed by atoms with Crippen LogP contribution in [0.25, 0.3) is 0 Å². The van der Waals surface area contributed by atoms with Crippen LogP contribution in [0.1, 0.15) is 32.3 Å². The normalized spacial score (nSPS) is 26.2. The van der Waals surface area contributed by atoms with Crippen molar-refractivity contribution in [2.75, 3.05) is 13.2 Å². The van der Waals surface area contributed by atoms with Crippen molar-refractivity contribution in [1.82, 2.24) is 5.32 Å². The van der Waals surface area contributed by atoms with Crippen molar-refractivity contribution in [1.29, 1.82) is 0 Å². The summed E-state index contributed by atoms with van der Waals surface area (Å²) < 4.78 is 5.91. The molecule has 1 N–H and O–H groups in total. The molecular formula is C14H23NOS. The van der Waals surface area contributed by atoms with E-state index in [1.807, 2.05) is 0 Å². The minimum Gasteiger partial charge on any atom is -0.376 e. The number of rotatable bonds is 6. The van der Waals surface area contributed by atoms with Crippen molar-refractivity contribution in [2.24, 2.45) is 5.92 Å². The summed E-state index contributed by atoms with van der Waals surface area (Å²) in [5.74, 6) is 0.683. The van der Waals surface area contributed by atoms with E-state index in [1.165, 1.54) is 18.4 Å². The lowest BCUT2D eigenvalue weighted by atomic mass is 9.93. The summed E-state index contributed by atoms with van der Waals surface area (Å²) >= 11 is 1.78. The number of hydrogen-bond donors (Lipinski definition) is 1. The molecule has 2 rings (SSSR count). The third-order valence-electron chi connectivity index (χ3n) is 3.53. The van der Waals surface area contributed by atoms with E-state index in [2.05, 4.69) is 36.0 Å². The van der Waals surface area contributed by atoms with Gasteiger partial charge in [-0.05, 0) is 54.1 Å². The summed E-state index contributed by atoms with van der Waals surface area (Å²) in [4.78, 5) is 0. The predicted octanol–water partition coefficient (Wildman–Crippen LogP) is 3.08. The Kier molecular flexibility index (Phi) is 5.01. The van der Waals surface area contributed by atoms with Gasteiger partial charge in [0.05, 0.1) is 6.10 Å². The number of hydrogen-bond acceptors (Lipinski definition) is 3. The highest BCUT2D eigenvalue weighted by Crippen LogP contribution is 2.25. The zero-order valence-electron chi connectivity index (χ0n) is 10.8. The molecule has 17 heavy (non-hydrogen) atoms. The van der Waals surface area contributed by atoms with E-state index >= 15 is 0 Å². The highest BCUT2D eigenvalue weighted by atomic mass is 32.1. The first-order chi connectivity index (χ1) is 8.31. The summed E-state index contributed by atoms with van der Waals surface area (Å²) in [6.45, 7) is 6.54. The highest BCUT2D eigenvalue weighted by molar-refractivity contribution is 7.07. The molecular weight excluding hydrogens is 230 g/mol.